The van der Waals surface area contributed by atoms with Crippen LogP contribution in [0.25, 0.3) is 0 Å². The smallest absolute Gasteiger partial charge is 0.250 e. The molecule has 0 radical (unpaired) electrons. The Morgan fingerprint density at radius 1 is 1.88 bits per heavy atom. The molecule has 0 aromatic rings. The summed E-state index contributed by atoms with van der Waals surface area (Å²) in [5.41, 5.74) is 8.13. The van der Waals surface area contributed by atoms with E-state index in [0.717, 1.165) is 0 Å². The zero-order chi connectivity index (χ0) is 6.78. The lowest BCUT2D eigenvalue weighted by molar-refractivity contribution is -0.133. The van der Waals surface area contributed by atoms with Gasteiger partial charge in [-0.3, -0.25) is 4.79 Å². The number of amides is 1. The molecular weight excluding hydrogens is 108 g/mol. The lowest BCUT2D eigenvalue weighted by Crippen LogP contribution is -2.46. The van der Waals surface area contributed by atoms with Gasteiger partial charge < -0.3 is 16.6 Å². The molecule has 0 spiro atoms. The van der Waals surface area contributed by atoms with Gasteiger partial charge in [0.05, 0.1) is 0 Å². The average Bonchev–Trinajstić information content (AvgIpc) is 1.67. The second kappa shape index (κ2) is 2.11. The molecule has 0 heterocycles. The Morgan fingerprint density at radius 2 is 2.25 bits per heavy atom. The van der Waals surface area contributed by atoms with E-state index in [2.05, 4.69) is 0 Å². The Hall–Kier alpha value is -0.610. The molecule has 0 aromatic carbocycles. The number of hydrogen-bond donors (Lipinski definition) is 3. The van der Waals surface area contributed by atoms with Crippen LogP contribution < -0.4 is 11.5 Å². The van der Waals surface area contributed by atoms with Gasteiger partial charge >= 0.3 is 0 Å². The van der Waals surface area contributed by atoms with Gasteiger partial charge in [0.1, 0.15) is 0 Å². The SMILES string of the molecule is CC(O)(CN)C(N)=O. The minimum atomic E-state index is -1.54. The minimum Gasteiger partial charge on any atom is -0.379 e. The number of hydrogen-bond acceptors (Lipinski definition) is 3. The number of carbonyl (C=O) groups is 1. The zero-order valence-corrected chi connectivity index (χ0v) is 4.72. The zero-order valence-electron chi connectivity index (χ0n) is 4.72. The van der Waals surface area contributed by atoms with E-state index in [1.165, 1.54) is 6.92 Å². The van der Waals surface area contributed by atoms with Crippen LogP contribution in [0.3, 0.4) is 0 Å². The summed E-state index contributed by atoms with van der Waals surface area (Å²) < 4.78 is 0. The molecule has 5 N–H and O–H groups in total. The standard InChI is InChI=1S/C4H10N2O2/c1-4(8,2-5)3(6)7/h8H,2,5H2,1H3,(H2,6,7). The lowest BCUT2D eigenvalue weighted by atomic mass is 10.1. The first-order valence-electron chi connectivity index (χ1n) is 2.23. The predicted octanol–water partition coefficient (Wildman–Crippen LogP) is -1.82. The Morgan fingerprint density at radius 3 is 2.25 bits per heavy atom. The van der Waals surface area contributed by atoms with E-state index in [9.17, 15) is 4.79 Å². The molecule has 4 nitrogen and oxygen atoms in total. The molecule has 0 saturated heterocycles. The largest absolute Gasteiger partial charge is 0.379 e. The summed E-state index contributed by atoms with van der Waals surface area (Å²) in [6, 6.07) is 0. The predicted molar refractivity (Wildman–Crippen MR) is 28.9 cm³/mol. The van der Waals surface area contributed by atoms with E-state index in [1.807, 2.05) is 0 Å². The van der Waals surface area contributed by atoms with E-state index in [0.29, 0.717) is 0 Å². The lowest BCUT2D eigenvalue weighted by Gasteiger charge is -2.14. The van der Waals surface area contributed by atoms with E-state index in [1.54, 1.807) is 0 Å². The van der Waals surface area contributed by atoms with Crippen LogP contribution in [0.15, 0.2) is 0 Å². The molecule has 4 heteroatoms. The van der Waals surface area contributed by atoms with Gasteiger partial charge in [0.15, 0.2) is 5.60 Å². The molecule has 8 heavy (non-hydrogen) atoms. The Labute approximate surface area is 47.5 Å². The van der Waals surface area contributed by atoms with Crippen molar-refractivity contribution in [3.63, 3.8) is 0 Å². The molecule has 1 atom stereocenters. The van der Waals surface area contributed by atoms with Gasteiger partial charge in [-0.05, 0) is 6.92 Å². The van der Waals surface area contributed by atoms with E-state index in [-0.39, 0.29) is 6.54 Å². The number of rotatable bonds is 2. The summed E-state index contributed by atoms with van der Waals surface area (Å²) in [5, 5.41) is 8.80. The molecule has 48 valence electrons. The van der Waals surface area contributed by atoms with E-state index in [4.69, 9.17) is 16.6 Å². The molecule has 0 fully saturated rings. The highest BCUT2D eigenvalue weighted by molar-refractivity contribution is 5.82. The number of nitrogens with two attached hydrogens (primary N) is 2. The number of carbonyl (C=O) groups excluding carboxylic acids is 1. The molecule has 1 unspecified atom stereocenters. The summed E-state index contributed by atoms with van der Waals surface area (Å²) in [7, 11) is 0. The normalized spacial score (nSPS) is 17.4. The quantitative estimate of drug-likeness (QED) is 0.399. The van der Waals surface area contributed by atoms with Crippen LogP contribution in [0.2, 0.25) is 0 Å². The third-order valence-corrected chi connectivity index (χ3v) is 0.928. The van der Waals surface area contributed by atoms with Gasteiger partial charge in [0, 0.05) is 6.54 Å². The maximum atomic E-state index is 10.1. The molecule has 0 rings (SSSR count). The van der Waals surface area contributed by atoms with Crippen LogP contribution in [0.1, 0.15) is 6.92 Å². The van der Waals surface area contributed by atoms with Gasteiger partial charge in [0.25, 0.3) is 0 Å². The highest BCUT2D eigenvalue weighted by Gasteiger charge is 2.24. The van der Waals surface area contributed by atoms with Crippen molar-refractivity contribution in [1.82, 2.24) is 0 Å². The first-order valence-corrected chi connectivity index (χ1v) is 2.23. The van der Waals surface area contributed by atoms with Crippen molar-refractivity contribution in [3.05, 3.63) is 0 Å². The first kappa shape index (κ1) is 7.39. The molecule has 0 aliphatic carbocycles. The molecule has 0 aliphatic rings. The van der Waals surface area contributed by atoms with Crippen LogP contribution in [-0.4, -0.2) is 23.2 Å². The third kappa shape index (κ3) is 1.48. The molecule has 0 bridgehead atoms. The van der Waals surface area contributed by atoms with Crippen molar-refractivity contribution in [2.24, 2.45) is 11.5 Å². The fourth-order valence-electron chi connectivity index (χ4n) is 0.101. The van der Waals surface area contributed by atoms with Crippen molar-refractivity contribution in [2.45, 2.75) is 12.5 Å². The first-order chi connectivity index (χ1) is 3.50. The van der Waals surface area contributed by atoms with Crippen molar-refractivity contribution < 1.29 is 9.90 Å². The topological polar surface area (TPSA) is 89.3 Å². The Bertz CT molecular complexity index is 100. The molecule has 0 aromatic heterocycles. The minimum absolute atomic E-state index is 0.137. The van der Waals surface area contributed by atoms with E-state index >= 15 is 0 Å². The van der Waals surface area contributed by atoms with Crippen molar-refractivity contribution in [1.29, 1.82) is 0 Å². The summed E-state index contributed by atoms with van der Waals surface area (Å²) >= 11 is 0. The Balaban J connectivity index is 3.91. The molecule has 0 saturated carbocycles. The van der Waals surface area contributed by atoms with Crippen LogP contribution in [0.4, 0.5) is 0 Å². The van der Waals surface area contributed by atoms with Gasteiger partial charge in [-0.15, -0.1) is 0 Å². The monoisotopic (exact) mass is 118 g/mol. The summed E-state index contributed by atoms with van der Waals surface area (Å²) in [4.78, 5) is 10.1. The van der Waals surface area contributed by atoms with Crippen LogP contribution >= 0.6 is 0 Å². The highest BCUT2D eigenvalue weighted by Crippen LogP contribution is 1.95. The Kier molecular flexibility index (Phi) is 1.94. The summed E-state index contributed by atoms with van der Waals surface area (Å²) in [6.07, 6.45) is 0. The van der Waals surface area contributed by atoms with Crippen molar-refractivity contribution in [3.8, 4) is 0 Å². The summed E-state index contributed by atoms with van der Waals surface area (Å²) in [6.45, 7) is 1.14. The summed E-state index contributed by atoms with van der Waals surface area (Å²) in [5.74, 6) is -0.792. The highest BCUT2D eigenvalue weighted by atomic mass is 16.3. The maximum absolute atomic E-state index is 10.1. The third-order valence-electron chi connectivity index (χ3n) is 0.928. The van der Waals surface area contributed by atoms with Gasteiger partial charge in [-0.1, -0.05) is 0 Å². The van der Waals surface area contributed by atoms with E-state index < -0.39 is 11.5 Å². The van der Waals surface area contributed by atoms with Crippen LogP contribution in [0.5, 0.6) is 0 Å². The molecule has 0 aliphatic heterocycles. The second-order valence-electron chi connectivity index (χ2n) is 1.84. The number of primary amides is 1. The fraction of sp³-hybridized carbons (Fsp3) is 0.750. The van der Waals surface area contributed by atoms with Crippen molar-refractivity contribution in [2.75, 3.05) is 6.54 Å². The van der Waals surface area contributed by atoms with Crippen molar-refractivity contribution >= 4 is 5.91 Å². The van der Waals surface area contributed by atoms with Gasteiger partial charge in [0.2, 0.25) is 5.91 Å². The molecular formula is C4H10N2O2. The van der Waals surface area contributed by atoms with Gasteiger partial charge in [-0.2, -0.15) is 0 Å². The van der Waals surface area contributed by atoms with Gasteiger partial charge in [-0.25, -0.2) is 0 Å². The second-order valence-corrected chi connectivity index (χ2v) is 1.84. The fourth-order valence-corrected chi connectivity index (χ4v) is 0.101. The average molecular weight is 118 g/mol. The van der Waals surface area contributed by atoms with Crippen LogP contribution in [0, 0.1) is 0 Å². The maximum Gasteiger partial charge on any atom is 0.250 e. The molecule has 1 amide bonds. The van der Waals surface area contributed by atoms with Crippen LogP contribution in [-0.2, 0) is 4.79 Å². The number of aliphatic hydroxyl groups is 1.